The van der Waals surface area contributed by atoms with Crippen LogP contribution in [0.25, 0.3) is 0 Å². The molecule has 2 heterocycles. The highest BCUT2D eigenvalue weighted by Gasteiger charge is 2.44. The summed E-state index contributed by atoms with van der Waals surface area (Å²) in [5.41, 5.74) is 3.63. The minimum atomic E-state index is 0.0501. The van der Waals surface area contributed by atoms with Crippen molar-refractivity contribution in [3.05, 3.63) is 35.4 Å². The van der Waals surface area contributed by atoms with Crippen molar-refractivity contribution in [2.24, 2.45) is 11.3 Å². The Hall–Kier alpha value is -1.39. The van der Waals surface area contributed by atoms with E-state index in [4.69, 9.17) is 4.74 Å². The van der Waals surface area contributed by atoms with Crippen molar-refractivity contribution in [3.8, 4) is 0 Å². The Morgan fingerprint density at radius 3 is 2.55 bits per heavy atom. The molecule has 0 N–H and O–H groups in total. The van der Waals surface area contributed by atoms with Crippen LogP contribution >= 0.6 is 0 Å². The minimum Gasteiger partial charge on any atom is -0.381 e. The summed E-state index contributed by atoms with van der Waals surface area (Å²) < 4.78 is 5.52. The normalized spacial score (nSPS) is 26.1. The van der Waals surface area contributed by atoms with E-state index >= 15 is 0 Å². The molecule has 4 nitrogen and oxygen atoms in total. The maximum absolute atomic E-state index is 13.3. The van der Waals surface area contributed by atoms with E-state index in [1.54, 1.807) is 0 Å². The maximum atomic E-state index is 13.3. The van der Waals surface area contributed by atoms with Gasteiger partial charge < -0.3 is 14.5 Å². The zero-order chi connectivity index (χ0) is 22.1. The van der Waals surface area contributed by atoms with Gasteiger partial charge in [0, 0.05) is 13.2 Å². The lowest BCUT2D eigenvalue weighted by Crippen LogP contribution is -2.48. The van der Waals surface area contributed by atoms with Crippen molar-refractivity contribution in [3.63, 3.8) is 0 Å². The lowest BCUT2D eigenvalue weighted by molar-refractivity contribution is -0.138. The minimum absolute atomic E-state index is 0.0501. The molecule has 1 unspecified atom stereocenters. The summed E-state index contributed by atoms with van der Waals surface area (Å²) in [6.07, 6.45) is 6.92. The first-order valence-electron chi connectivity index (χ1n) is 12.5. The van der Waals surface area contributed by atoms with E-state index < -0.39 is 0 Å². The molecular weight excluding hydrogens is 384 g/mol. The molecule has 1 aromatic carbocycles. The fourth-order valence-electron chi connectivity index (χ4n) is 6.01. The molecule has 0 radical (unpaired) electrons. The zero-order valence-electron chi connectivity index (χ0n) is 20.2. The zero-order valence-corrected chi connectivity index (χ0v) is 20.2. The summed E-state index contributed by atoms with van der Waals surface area (Å²) >= 11 is 0. The number of nitrogens with zero attached hydrogens (tertiary/aromatic N) is 2. The first kappa shape index (κ1) is 22.8. The van der Waals surface area contributed by atoms with E-state index in [1.165, 1.54) is 56.4 Å². The van der Waals surface area contributed by atoms with Crippen molar-refractivity contribution < 1.29 is 9.53 Å². The van der Waals surface area contributed by atoms with Gasteiger partial charge in [-0.3, -0.25) is 4.79 Å². The van der Waals surface area contributed by atoms with Crippen molar-refractivity contribution in [2.75, 3.05) is 39.4 Å². The molecule has 4 rings (SSSR count). The second-order valence-corrected chi connectivity index (χ2v) is 11.3. The molecule has 2 saturated heterocycles. The van der Waals surface area contributed by atoms with Crippen molar-refractivity contribution in [1.29, 1.82) is 0 Å². The van der Waals surface area contributed by atoms with E-state index in [1.807, 2.05) is 0 Å². The number of amides is 1. The van der Waals surface area contributed by atoms with E-state index in [0.717, 1.165) is 26.0 Å². The van der Waals surface area contributed by atoms with Crippen molar-refractivity contribution in [1.82, 2.24) is 9.80 Å². The highest BCUT2D eigenvalue weighted by Crippen LogP contribution is 2.49. The second-order valence-electron chi connectivity index (χ2n) is 11.3. The summed E-state index contributed by atoms with van der Waals surface area (Å²) in [4.78, 5) is 18.1. The molecule has 0 aromatic heterocycles. The number of ether oxygens (including phenoxy) is 1. The van der Waals surface area contributed by atoms with Crippen LogP contribution in [0.3, 0.4) is 0 Å². The van der Waals surface area contributed by atoms with Gasteiger partial charge in [0.05, 0.1) is 18.6 Å². The molecule has 3 aliphatic rings. The van der Waals surface area contributed by atoms with Gasteiger partial charge in [0.25, 0.3) is 0 Å². The molecule has 1 aliphatic carbocycles. The largest absolute Gasteiger partial charge is 0.381 e. The molecule has 31 heavy (non-hydrogen) atoms. The van der Waals surface area contributed by atoms with Crippen LogP contribution in [0.4, 0.5) is 0 Å². The van der Waals surface area contributed by atoms with Crippen LogP contribution in [0, 0.1) is 11.3 Å². The number of hydrogen-bond acceptors (Lipinski definition) is 3. The monoisotopic (exact) mass is 426 g/mol. The van der Waals surface area contributed by atoms with Gasteiger partial charge in [-0.1, -0.05) is 45.0 Å². The van der Waals surface area contributed by atoms with E-state index in [9.17, 15) is 4.79 Å². The molecule has 2 fully saturated rings. The Bertz CT molecular complexity index is 755. The third-order valence-corrected chi connectivity index (χ3v) is 8.06. The quantitative estimate of drug-likeness (QED) is 0.651. The van der Waals surface area contributed by atoms with Gasteiger partial charge in [-0.05, 0) is 87.0 Å². The Balaban J connectivity index is 1.51. The Labute approximate surface area is 189 Å². The molecule has 1 spiro atoms. The molecule has 1 aromatic rings. The third kappa shape index (κ3) is 4.85. The summed E-state index contributed by atoms with van der Waals surface area (Å²) in [6, 6.07) is 9.26. The van der Waals surface area contributed by atoms with Gasteiger partial charge in [-0.25, -0.2) is 0 Å². The summed E-state index contributed by atoms with van der Waals surface area (Å²) in [5, 5.41) is 0. The van der Waals surface area contributed by atoms with Crippen LogP contribution < -0.4 is 0 Å². The lowest BCUT2D eigenvalue weighted by atomic mass is 9.63. The fourth-order valence-corrected chi connectivity index (χ4v) is 6.01. The molecule has 172 valence electrons. The molecular formula is C27H42N2O2. The number of benzene rings is 1. The van der Waals surface area contributed by atoms with E-state index in [-0.39, 0.29) is 12.0 Å². The van der Waals surface area contributed by atoms with Gasteiger partial charge in [-0.2, -0.15) is 0 Å². The molecule has 0 bridgehead atoms. The van der Waals surface area contributed by atoms with Crippen LogP contribution in [-0.2, 0) is 14.9 Å². The average Bonchev–Trinajstić information content (AvgIpc) is 3.30. The van der Waals surface area contributed by atoms with Crippen molar-refractivity contribution >= 4 is 5.91 Å². The van der Waals surface area contributed by atoms with Gasteiger partial charge >= 0.3 is 0 Å². The number of rotatable bonds is 5. The predicted molar refractivity (Wildman–Crippen MR) is 126 cm³/mol. The first-order chi connectivity index (χ1) is 14.8. The average molecular weight is 427 g/mol. The topological polar surface area (TPSA) is 32.8 Å². The number of piperidine rings is 1. The van der Waals surface area contributed by atoms with Gasteiger partial charge in [0.2, 0.25) is 5.91 Å². The SMILES string of the molecule is CCN(C(=O)C1CCOC1)[C@H]1CCC2(CCN(CCC(C)(C)C)CC2)c2ccccc21. The molecule has 1 amide bonds. The Morgan fingerprint density at radius 1 is 1.16 bits per heavy atom. The molecule has 2 atom stereocenters. The van der Waals surface area contributed by atoms with Crippen LogP contribution in [-0.4, -0.2) is 55.1 Å². The summed E-state index contributed by atoms with van der Waals surface area (Å²) in [7, 11) is 0. The van der Waals surface area contributed by atoms with E-state index in [0.29, 0.717) is 23.3 Å². The molecule has 2 aliphatic heterocycles. The van der Waals surface area contributed by atoms with Crippen LogP contribution in [0.15, 0.2) is 24.3 Å². The predicted octanol–water partition coefficient (Wildman–Crippen LogP) is 5.18. The van der Waals surface area contributed by atoms with Crippen LogP contribution in [0.5, 0.6) is 0 Å². The number of carbonyl (C=O) groups is 1. The Morgan fingerprint density at radius 2 is 1.90 bits per heavy atom. The van der Waals surface area contributed by atoms with Gasteiger partial charge in [0.15, 0.2) is 0 Å². The molecule has 4 heteroatoms. The number of likely N-dealkylation sites (tertiary alicyclic amines) is 1. The van der Waals surface area contributed by atoms with Gasteiger partial charge in [-0.15, -0.1) is 0 Å². The van der Waals surface area contributed by atoms with Gasteiger partial charge in [0.1, 0.15) is 0 Å². The standard InChI is InChI=1S/C27H42N2O2/c1-5-29(25(30)21-11-19-31-20-21)24-10-12-27(23-9-7-6-8-22(23)24)14-17-28(18-15-27)16-13-26(2,3)4/h6-9,21,24H,5,10-20H2,1-4H3/t21?,24-/m0/s1. The van der Waals surface area contributed by atoms with Crippen LogP contribution in [0.1, 0.15) is 83.4 Å². The molecule has 0 saturated carbocycles. The summed E-state index contributed by atoms with van der Waals surface area (Å²) in [5.74, 6) is 0.349. The highest BCUT2D eigenvalue weighted by atomic mass is 16.5. The second kappa shape index (κ2) is 9.23. The third-order valence-electron chi connectivity index (χ3n) is 8.06. The Kier molecular flexibility index (Phi) is 6.79. The number of fused-ring (bicyclic) bond motifs is 2. The van der Waals surface area contributed by atoms with E-state index in [2.05, 4.69) is 61.8 Å². The maximum Gasteiger partial charge on any atom is 0.228 e. The smallest absolute Gasteiger partial charge is 0.228 e. The van der Waals surface area contributed by atoms with Crippen LogP contribution in [0.2, 0.25) is 0 Å². The number of hydrogen-bond donors (Lipinski definition) is 0. The lowest BCUT2D eigenvalue weighted by Gasteiger charge is -2.49. The summed E-state index contributed by atoms with van der Waals surface area (Å²) in [6.45, 7) is 14.9. The fraction of sp³-hybridized carbons (Fsp3) is 0.741. The van der Waals surface area contributed by atoms with Crippen molar-refractivity contribution in [2.45, 2.75) is 77.7 Å². The number of carbonyl (C=O) groups excluding carboxylic acids is 1. The first-order valence-corrected chi connectivity index (χ1v) is 12.5. The highest BCUT2D eigenvalue weighted by molar-refractivity contribution is 5.80.